The minimum atomic E-state index is -3.00. The lowest BCUT2D eigenvalue weighted by molar-refractivity contribution is -0.147. The molecule has 0 saturated heterocycles. The minimum absolute atomic E-state index is 0.113. The summed E-state index contributed by atoms with van der Waals surface area (Å²) in [6, 6.07) is 5.84. The molecular formula is C15H17F2NO4. The maximum Gasteiger partial charge on any atom is 0.387 e. The number of carbonyl (C=O) groups excluding carboxylic acids is 1. The molecule has 1 aromatic rings. The van der Waals surface area contributed by atoms with Crippen LogP contribution < -0.4 is 10.1 Å². The Balaban J connectivity index is 2.12. The number of carboxylic acids is 1. The van der Waals surface area contributed by atoms with E-state index in [9.17, 15) is 23.5 Å². The van der Waals surface area contributed by atoms with E-state index in [4.69, 9.17) is 0 Å². The van der Waals surface area contributed by atoms with E-state index < -0.39 is 30.3 Å². The van der Waals surface area contributed by atoms with Gasteiger partial charge in [-0.1, -0.05) is 25.0 Å². The number of aliphatic carboxylic acids is 1. The standard InChI is InChI=1S/C15H17F2NO4/c16-15(17)22-12-8-4-3-7-11(12)18-13(19)9-5-1-2-6-10(9)14(20)21/h3-4,7-10,15H,1-2,5-6H2,(H,18,19)(H,20,21)/t9-,10+/m1/s1. The molecule has 0 unspecified atom stereocenters. The van der Waals surface area contributed by atoms with E-state index in [1.165, 1.54) is 18.2 Å². The molecule has 5 nitrogen and oxygen atoms in total. The summed E-state index contributed by atoms with van der Waals surface area (Å²) in [5.74, 6) is -3.02. The van der Waals surface area contributed by atoms with Gasteiger partial charge >= 0.3 is 12.6 Å². The number of para-hydroxylation sites is 2. The molecule has 1 aliphatic rings. The summed E-state index contributed by atoms with van der Waals surface area (Å²) in [6.45, 7) is -3.00. The molecule has 1 amide bonds. The molecule has 1 fully saturated rings. The van der Waals surface area contributed by atoms with Crippen molar-refractivity contribution in [2.75, 3.05) is 5.32 Å². The molecule has 0 spiro atoms. The lowest BCUT2D eigenvalue weighted by atomic mass is 9.78. The molecule has 1 aromatic carbocycles. The summed E-state index contributed by atoms with van der Waals surface area (Å²) < 4.78 is 29.0. The highest BCUT2D eigenvalue weighted by molar-refractivity contribution is 5.96. The van der Waals surface area contributed by atoms with E-state index >= 15 is 0 Å². The number of hydrogen-bond donors (Lipinski definition) is 2. The Labute approximate surface area is 126 Å². The lowest BCUT2D eigenvalue weighted by Gasteiger charge is -2.27. The van der Waals surface area contributed by atoms with Crippen LogP contribution in [0.1, 0.15) is 25.7 Å². The van der Waals surface area contributed by atoms with Gasteiger partial charge in [0.2, 0.25) is 5.91 Å². The second kappa shape index (κ2) is 7.20. The van der Waals surface area contributed by atoms with Gasteiger partial charge in [0.15, 0.2) is 0 Å². The Morgan fingerprint density at radius 1 is 1.18 bits per heavy atom. The molecule has 7 heteroatoms. The van der Waals surface area contributed by atoms with Crippen molar-refractivity contribution in [2.45, 2.75) is 32.3 Å². The molecule has 2 atom stereocenters. The van der Waals surface area contributed by atoms with Gasteiger partial charge in [-0.15, -0.1) is 0 Å². The van der Waals surface area contributed by atoms with E-state index in [1.54, 1.807) is 6.07 Å². The predicted molar refractivity (Wildman–Crippen MR) is 74.8 cm³/mol. The normalized spacial score (nSPS) is 21.4. The van der Waals surface area contributed by atoms with Crippen LogP contribution in [0.25, 0.3) is 0 Å². The first-order chi connectivity index (χ1) is 10.5. The summed E-state index contributed by atoms with van der Waals surface area (Å²) in [4.78, 5) is 23.5. The highest BCUT2D eigenvalue weighted by Gasteiger charge is 2.35. The molecule has 0 aliphatic heterocycles. The van der Waals surface area contributed by atoms with Gasteiger partial charge in [-0.2, -0.15) is 8.78 Å². The molecule has 1 aliphatic carbocycles. The van der Waals surface area contributed by atoms with E-state index in [2.05, 4.69) is 10.1 Å². The van der Waals surface area contributed by atoms with Gasteiger partial charge in [-0.05, 0) is 25.0 Å². The zero-order valence-electron chi connectivity index (χ0n) is 11.8. The Kier molecular flexibility index (Phi) is 5.30. The average Bonchev–Trinajstić information content (AvgIpc) is 2.48. The Morgan fingerprint density at radius 3 is 2.45 bits per heavy atom. The third kappa shape index (κ3) is 3.93. The van der Waals surface area contributed by atoms with E-state index in [1.807, 2.05) is 0 Å². The number of ether oxygens (including phenoxy) is 1. The third-order valence-electron chi connectivity index (χ3n) is 3.78. The molecule has 2 N–H and O–H groups in total. The van der Waals surface area contributed by atoms with Crippen LogP contribution in [-0.4, -0.2) is 23.6 Å². The zero-order valence-corrected chi connectivity index (χ0v) is 11.8. The minimum Gasteiger partial charge on any atom is -0.481 e. The molecule has 0 radical (unpaired) electrons. The van der Waals surface area contributed by atoms with Crippen molar-refractivity contribution in [3.63, 3.8) is 0 Å². The first-order valence-electron chi connectivity index (χ1n) is 7.06. The molecule has 0 aromatic heterocycles. The number of halogens is 2. The third-order valence-corrected chi connectivity index (χ3v) is 3.78. The smallest absolute Gasteiger partial charge is 0.387 e. The largest absolute Gasteiger partial charge is 0.481 e. The van der Waals surface area contributed by atoms with Crippen LogP contribution in [-0.2, 0) is 9.59 Å². The fourth-order valence-corrected chi connectivity index (χ4v) is 2.73. The number of carboxylic acid groups (broad SMARTS) is 1. The van der Waals surface area contributed by atoms with Crippen LogP contribution in [0.4, 0.5) is 14.5 Å². The van der Waals surface area contributed by atoms with Crippen molar-refractivity contribution in [2.24, 2.45) is 11.8 Å². The number of carbonyl (C=O) groups is 2. The van der Waals surface area contributed by atoms with Crippen molar-refractivity contribution in [3.05, 3.63) is 24.3 Å². The molecule has 0 heterocycles. The van der Waals surface area contributed by atoms with Gasteiger partial charge in [-0.25, -0.2) is 0 Å². The van der Waals surface area contributed by atoms with E-state index in [-0.39, 0.29) is 11.4 Å². The van der Waals surface area contributed by atoms with Crippen molar-refractivity contribution in [1.82, 2.24) is 0 Å². The SMILES string of the molecule is O=C(O)[C@H]1CCCC[C@H]1C(=O)Nc1ccccc1OC(F)F. The van der Waals surface area contributed by atoms with Crippen LogP contribution in [0.15, 0.2) is 24.3 Å². The van der Waals surface area contributed by atoms with Crippen LogP contribution >= 0.6 is 0 Å². The molecule has 0 bridgehead atoms. The first-order valence-corrected chi connectivity index (χ1v) is 7.06. The summed E-state index contributed by atoms with van der Waals surface area (Å²) in [5.41, 5.74) is 0.113. The number of alkyl halides is 2. The zero-order chi connectivity index (χ0) is 16.1. The summed E-state index contributed by atoms with van der Waals surface area (Å²) >= 11 is 0. The van der Waals surface area contributed by atoms with Crippen LogP contribution in [0.2, 0.25) is 0 Å². The van der Waals surface area contributed by atoms with E-state index in [0.717, 1.165) is 12.8 Å². The van der Waals surface area contributed by atoms with Gasteiger partial charge in [0, 0.05) is 0 Å². The number of benzene rings is 1. The molecule has 1 saturated carbocycles. The van der Waals surface area contributed by atoms with Crippen LogP contribution in [0.3, 0.4) is 0 Å². The Hall–Kier alpha value is -2.18. The maximum absolute atomic E-state index is 12.3. The Morgan fingerprint density at radius 2 is 1.82 bits per heavy atom. The average molecular weight is 313 g/mol. The summed E-state index contributed by atoms with van der Waals surface area (Å²) in [6.07, 6.45) is 2.46. The maximum atomic E-state index is 12.3. The van der Waals surface area contributed by atoms with Gasteiger partial charge in [0.25, 0.3) is 0 Å². The van der Waals surface area contributed by atoms with Gasteiger partial charge in [-0.3, -0.25) is 9.59 Å². The molecule has 120 valence electrons. The second-order valence-corrected chi connectivity index (χ2v) is 5.20. The molecule has 2 rings (SSSR count). The van der Waals surface area contributed by atoms with E-state index in [0.29, 0.717) is 12.8 Å². The predicted octanol–water partition coefficient (Wildman–Crippen LogP) is 3.12. The van der Waals surface area contributed by atoms with Gasteiger partial charge in [0.05, 0.1) is 17.5 Å². The van der Waals surface area contributed by atoms with Gasteiger partial charge < -0.3 is 15.2 Å². The first kappa shape index (κ1) is 16.2. The number of hydrogen-bond acceptors (Lipinski definition) is 3. The lowest BCUT2D eigenvalue weighted by Crippen LogP contribution is -2.36. The highest BCUT2D eigenvalue weighted by atomic mass is 19.3. The van der Waals surface area contributed by atoms with Crippen molar-refractivity contribution < 1.29 is 28.2 Å². The van der Waals surface area contributed by atoms with Crippen LogP contribution in [0.5, 0.6) is 5.75 Å². The monoisotopic (exact) mass is 313 g/mol. The Bertz CT molecular complexity index is 550. The number of anilines is 1. The number of rotatable bonds is 5. The molecular weight excluding hydrogens is 296 g/mol. The quantitative estimate of drug-likeness (QED) is 0.876. The van der Waals surface area contributed by atoms with Crippen molar-refractivity contribution in [3.8, 4) is 5.75 Å². The van der Waals surface area contributed by atoms with Crippen LogP contribution in [0, 0.1) is 11.8 Å². The second-order valence-electron chi connectivity index (χ2n) is 5.20. The molecule has 22 heavy (non-hydrogen) atoms. The highest BCUT2D eigenvalue weighted by Crippen LogP contribution is 2.33. The fraction of sp³-hybridized carbons (Fsp3) is 0.467. The van der Waals surface area contributed by atoms with Gasteiger partial charge in [0.1, 0.15) is 5.75 Å². The summed E-state index contributed by atoms with van der Waals surface area (Å²) in [5, 5.41) is 11.7. The van der Waals surface area contributed by atoms with Crippen molar-refractivity contribution in [1.29, 1.82) is 0 Å². The fourth-order valence-electron chi connectivity index (χ4n) is 2.73. The summed E-state index contributed by atoms with van der Waals surface area (Å²) in [7, 11) is 0. The topological polar surface area (TPSA) is 75.6 Å². The number of amides is 1. The number of nitrogens with one attached hydrogen (secondary N) is 1. The van der Waals surface area contributed by atoms with Crippen molar-refractivity contribution >= 4 is 17.6 Å².